The average Bonchev–Trinajstić information content (AvgIpc) is 3.36. The van der Waals surface area contributed by atoms with Crippen LogP contribution in [-0.2, 0) is 35.4 Å². The molecule has 2 aromatic rings. The molecule has 0 radical (unpaired) electrons. The van der Waals surface area contributed by atoms with E-state index in [1.54, 1.807) is 17.0 Å². The lowest BCUT2D eigenvalue weighted by atomic mass is 10.0. The summed E-state index contributed by atoms with van der Waals surface area (Å²) in [7, 11) is 0. The summed E-state index contributed by atoms with van der Waals surface area (Å²) in [6.07, 6.45) is 3.57. The van der Waals surface area contributed by atoms with E-state index in [2.05, 4.69) is 20.8 Å². The van der Waals surface area contributed by atoms with Crippen LogP contribution < -0.4 is 20.9 Å². The number of hydrogen-bond acceptors (Lipinski definition) is 11. The summed E-state index contributed by atoms with van der Waals surface area (Å²) in [4.78, 5) is 72.2. The van der Waals surface area contributed by atoms with Gasteiger partial charge < -0.3 is 31.4 Å². The topological polar surface area (TPSA) is 217 Å². The number of pyridine rings is 1. The zero-order valence-corrected chi connectivity index (χ0v) is 23.4. The van der Waals surface area contributed by atoms with E-state index >= 15 is 0 Å². The van der Waals surface area contributed by atoms with Gasteiger partial charge in [-0.05, 0) is 13.8 Å². The molecule has 6 N–H and O–H groups in total. The number of carbonyl (C=O) groups is 5. The van der Waals surface area contributed by atoms with Crippen molar-refractivity contribution >= 4 is 63.6 Å². The van der Waals surface area contributed by atoms with Crippen LogP contribution >= 0.6 is 23.1 Å². The average molecular weight is 605 g/mol. The molecule has 17 heteroatoms. The molecule has 2 aliphatic heterocycles. The van der Waals surface area contributed by atoms with Gasteiger partial charge in [0.1, 0.15) is 29.4 Å². The summed E-state index contributed by atoms with van der Waals surface area (Å²) in [6, 6.07) is 4.38. The first-order valence-corrected chi connectivity index (χ1v) is 13.9. The molecule has 216 valence electrons. The van der Waals surface area contributed by atoms with E-state index in [-0.39, 0.29) is 28.8 Å². The highest BCUT2D eigenvalue weighted by molar-refractivity contribution is 8.00. The number of hydrogen-bond donors (Lipinski definition) is 5. The van der Waals surface area contributed by atoms with Gasteiger partial charge in [-0.3, -0.25) is 24.1 Å². The third-order valence-electron chi connectivity index (χ3n) is 5.98. The molecule has 2 atom stereocenters. The van der Waals surface area contributed by atoms with Gasteiger partial charge in [-0.1, -0.05) is 11.2 Å². The van der Waals surface area contributed by atoms with Crippen LogP contribution in [0.25, 0.3) is 0 Å². The number of nitrogens with zero attached hydrogens (tertiary/aromatic N) is 4. The number of nitrogens with one attached hydrogen (secondary N) is 2. The number of oxime groups is 1. The summed E-state index contributed by atoms with van der Waals surface area (Å²) < 4.78 is 1.80. The first-order valence-electron chi connectivity index (χ1n) is 12.0. The number of thiazole rings is 1. The number of nitrogens with two attached hydrogens (primary N) is 1. The van der Waals surface area contributed by atoms with E-state index in [1.807, 2.05) is 18.2 Å². The van der Waals surface area contributed by atoms with Gasteiger partial charge in [-0.25, -0.2) is 14.3 Å². The molecule has 4 rings (SSSR count). The number of aliphatic carboxylic acids is 2. The fraction of sp³-hybridized carbons (Fsp3) is 0.333. The van der Waals surface area contributed by atoms with Gasteiger partial charge in [0, 0.05) is 28.8 Å². The maximum Gasteiger partial charge on any atom is 0.352 e. The predicted molar refractivity (Wildman–Crippen MR) is 145 cm³/mol. The van der Waals surface area contributed by atoms with Crippen LogP contribution in [0.1, 0.15) is 19.5 Å². The number of rotatable bonds is 11. The van der Waals surface area contributed by atoms with Crippen LogP contribution in [0.2, 0.25) is 0 Å². The van der Waals surface area contributed by atoms with Crippen molar-refractivity contribution in [3.05, 3.63) is 52.9 Å². The fourth-order valence-electron chi connectivity index (χ4n) is 3.95. The predicted octanol–water partition coefficient (Wildman–Crippen LogP) is -0.848. The molecule has 1 saturated heterocycles. The number of β-lactam (4-membered cyclic amide) rings is 1. The van der Waals surface area contributed by atoms with Crippen LogP contribution in [0.5, 0.6) is 0 Å². The van der Waals surface area contributed by atoms with E-state index < -0.39 is 53.2 Å². The molecule has 2 aliphatic rings. The van der Waals surface area contributed by atoms with Gasteiger partial charge in [0.15, 0.2) is 29.8 Å². The molecule has 0 unspecified atom stereocenters. The van der Waals surface area contributed by atoms with Gasteiger partial charge >= 0.3 is 11.9 Å². The number of nitrogen functional groups attached to an aromatic ring is 1. The molecule has 3 amide bonds. The van der Waals surface area contributed by atoms with Crippen molar-refractivity contribution in [3.63, 3.8) is 0 Å². The van der Waals surface area contributed by atoms with Crippen molar-refractivity contribution in [2.24, 2.45) is 5.16 Å². The second-order valence-electron chi connectivity index (χ2n) is 9.35. The van der Waals surface area contributed by atoms with Gasteiger partial charge in [0.2, 0.25) is 5.60 Å². The first kappa shape index (κ1) is 29.5. The highest BCUT2D eigenvalue weighted by atomic mass is 32.2. The van der Waals surface area contributed by atoms with E-state index in [4.69, 9.17) is 15.7 Å². The van der Waals surface area contributed by atoms with E-state index in [0.29, 0.717) is 11.3 Å². The number of amides is 3. The van der Waals surface area contributed by atoms with Crippen LogP contribution in [0.3, 0.4) is 0 Å². The second kappa shape index (κ2) is 11.9. The lowest BCUT2D eigenvalue weighted by Crippen LogP contribution is -2.71. The fourth-order valence-corrected chi connectivity index (χ4v) is 5.83. The second-order valence-corrected chi connectivity index (χ2v) is 11.3. The Morgan fingerprint density at radius 1 is 1.24 bits per heavy atom. The minimum Gasteiger partial charge on any atom is -0.480 e. The van der Waals surface area contributed by atoms with Crippen LogP contribution in [0.4, 0.5) is 5.13 Å². The van der Waals surface area contributed by atoms with Gasteiger partial charge in [-0.15, -0.1) is 23.1 Å². The molecule has 2 aromatic heterocycles. The summed E-state index contributed by atoms with van der Waals surface area (Å²) in [5.41, 5.74) is 4.07. The zero-order valence-electron chi connectivity index (χ0n) is 21.8. The highest BCUT2D eigenvalue weighted by Gasteiger charge is 2.55. The van der Waals surface area contributed by atoms with Crippen molar-refractivity contribution < 1.29 is 43.6 Å². The number of aromatic nitrogens is 2. The largest absolute Gasteiger partial charge is 0.480 e. The summed E-state index contributed by atoms with van der Waals surface area (Å²) >= 11 is 2.32. The maximum atomic E-state index is 13.3. The Bertz CT molecular complexity index is 1460. The minimum absolute atomic E-state index is 0.0139. The SMILES string of the molecule is CC(C)(O/N=C(\C(=O)N[C@@H]1C(=O)N2C(C(=O)O)=C(C[n+]3ccccc3)CS[C@H]12)c1csc(N)n1)C(=O)NCC(=O)O. The molecule has 4 heterocycles. The summed E-state index contributed by atoms with van der Waals surface area (Å²) in [6.45, 7) is 2.26. The Balaban J connectivity index is 1.52. The van der Waals surface area contributed by atoms with Crippen molar-refractivity contribution in [2.45, 2.75) is 37.4 Å². The molecule has 0 bridgehead atoms. The quantitative estimate of drug-likeness (QED) is 0.0921. The summed E-state index contributed by atoms with van der Waals surface area (Å²) in [5, 5.41) is 28.1. The molecular weight excluding hydrogens is 578 g/mol. The molecule has 41 heavy (non-hydrogen) atoms. The molecular formula is C24H26N7O8S2+. The van der Waals surface area contributed by atoms with Crippen LogP contribution in [-0.4, -0.2) is 84.8 Å². The van der Waals surface area contributed by atoms with E-state index in [9.17, 15) is 29.1 Å². The first-order chi connectivity index (χ1) is 19.4. The molecule has 1 fully saturated rings. The Morgan fingerprint density at radius 2 is 1.95 bits per heavy atom. The lowest BCUT2D eigenvalue weighted by molar-refractivity contribution is -0.689. The van der Waals surface area contributed by atoms with Gasteiger partial charge in [0.25, 0.3) is 17.7 Å². The Morgan fingerprint density at radius 3 is 2.56 bits per heavy atom. The number of carbonyl (C=O) groups excluding carboxylic acids is 3. The normalized spacial score (nSPS) is 18.7. The zero-order chi connectivity index (χ0) is 29.9. The van der Waals surface area contributed by atoms with Crippen molar-refractivity contribution in [1.29, 1.82) is 0 Å². The summed E-state index contributed by atoms with van der Waals surface area (Å²) in [5.74, 6) is -4.49. The third-order valence-corrected chi connectivity index (χ3v) is 7.99. The number of fused-ring (bicyclic) bond motifs is 1. The number of thioether (sulfide) groups is 1. The third kappa shape index (κ3) is 6.46. The number of anilines is 1. The van der Waals surface area contributed by atoms with Crippen molar-refractivity contribution in [1.82, 2.24) is 20.5 Å². The molecule has 0 aromatic carbocycles. The molecule has 0 aliphatic carbocycles. The molecule has 0 spiro atoms. The smallest absolute Gasteiger partial charge is 0.352 e. The van der Waals surface area contributed by atoms with Gasteiger partial charge in [-0.2, -0.15) is 0 Å². The molecule has 0 saturated carbocycles. The van der Waals surface area contributed by atoms with E-state index in [1.165, 1.54) is 31.0 Å². The van der Waals surface area contributed by atoms with Crippen LogP contribution in [0.15, 0.2) is 52.4 Å². The number of carboxylic acid groups (broad SMARTS) is 2. The monoisotopic (exact) mass is 604 g/mol. The Kier molecular flexibility index (Phi) is 8.57. The Labute approximate surface area is 241 Å². The van der Waals surface area contributed by atoms with Crippen molar-refractivity contribution in [2.75, 3.05) is 18.0 Å². The Hall–Kier alpha value is -4.51. The lowest BCUT2D eigenvalue weighted by Gasteiger charge is -2.49. The van der Waals surface area contributed by atoms with Crippen molar-refractivity contribution in [3.8, 4) is 0 Å². The van der Waals surface area contributed by atoms with E-state index in [0.717, 1.165) is 16.2 Å². The van der Waals surface area contributed by atoms with Gasteiger partial charge in [0.05, 0.1) is 0 Å². The van der Waals surface area contributed by atoms with Crippen LogP contribution in [0, 0.1) is 0 Å². The highest BCUT2D eigenvalue weighted by Crippen LogP contribution is 2.40. The minimum atomic E-state index is -1.68. The maximum absolute atomic E-state index is 13.3. The number of carboxylic acids is 2. The molecule has 15 nitrogen and oxygen atoms in total. The standard InChI is InChI=1S/C24H25N7O8S2/c1-24(2,22(38)26-8-14(32)33)39-29-15(13-11-41-23(25)27-13)18(34)28-16-19(35)31-17(21(36)37)12(10-40-20(16)31)9-30-6-4-3-5-7-30/h3-7,11,16,20H,8-10H2,1-2H3,(H5-,25,26,27,28,32,33,34,36,37,38)/p+1/b29-15-/t16-,20-/m1/s1.